The molecular weight excluding hydrogens is 768 g/mol. The molecule has 57 heavy (non-hydrogen) atoms. The first-order valence-corrected chi connectivity index (χ1v) is 22.1. The fourth-order valence-electron chi connectivity index (χ4n) is 8.38. The monoisotopic (exact) mass is 820 g/mol. The summed E-state index contributed by atoms with van der Waals surface area (Å²) >= 11 is 3.66. The van der Waals surface area contributed by atoms with E-state index in [9.17, 15) is 0 Å². The van der Waals surface area contributed by atoms with E-state index in [-0.39, 0.29) is 12.4 Å². The van der Waals surface area contributed by atoms with Crippen LogP contribution >= 0.6 is 35.1 Å². The number of nitrogens with one attached hydrogen (secondary N) is 2. The lowest BCUT2D eigenvalue weighted by Crippen LogP contribution is -2.46. The van der Waals surface area contributed by atoms with Crippen LogP contribution in [-0.4, -0.2) is 100.0 Å². The number of piperazine rings is 2. The van der Waals surface area contributed by atoms with Gasteiger partial charge in [-0.1, -0.05) is 12.1 Å². The molecule has 3 aliphatic rings. The second kappa shape index (κ2) is 18.9. The molecule has 11 heteroatoms. The predicted octanol–water partition coefficient (Wildman–Crippen LogP) is 9.86. The Bertz CT molecular complexity index is 2340. The topological polar surface area (TPSA) is 59.2 Å². The summed E-state index contributed by atoms with van der Waals surface area (Å²) in [5, 5.41) is 11.8. The van der Waals surface area contributed by atoms with E-state index in [0.717, 1.165) is 121 Å². The van der Waals surface area contributed by atoms with Gasteiger partial charge in [0.05, 0.1) is 13.2 Å². The van der Waals surface area contributed by atoms with Gasteiger partial charge < -0.3 is 29.6 Å². The van der Waals surface area contributed by atoms with Crippen LogP contribution in [0, 0.1) is 0 Å². The maximum atomic E-state index is 5.99. The Kier molecular flexibility index (Phi) is 13.0. The Morgan fingerprint density at radius 2 is 1.18 bits per heavy atom. The van der Waals surface area contributed by atoms with Gasteiger partial charge in [-0.3, -0.25) is 9.80 Å². The van der Waals surface area contributed by atoms with Crippen LogP contribution in [0.4, 0.5) is 17.1 Å². The number of nitrogens with zero attached hydrogens (tertiary/aromatic N) is 4. The minimum absolute atomic E-state index is 0. The van der Waals surface area contributed by atoms with Gasteiger partial charge in [0, 0.05) is 126 Å². The molecule has 2 saturated heterocycles. The Hall–Kier alpha value is -4.45. The van der Waals surface area contributed by atoms with E-state index >= 15 is 0 Å². The molecule has 0 bridgehead atoms. The van der Waals surface area contributed by atoms with Gasteiger partial charge in [-0.2, -0.15) is 0 Å². The fourth-order valence-corrected chi connectivity index (χ4v) is 10.00. The van der Waals surface area contributed by atoms with E-state index in [1.165, 1.54) is 48.2 Å². The van der Waals surface area contributed by atoms with Gasteiger partial charge in [-0.25, -0.2) is 0 Å². The molecule has 298 valence electrons. The van der Waals surface area contributed by atoms with Crippen molar-refractivity contribution in [2.75, 3.05) is 100 Å². The van der Waals surface area contributed by atoms with Gasteiger partial charge in [0.15, 0.2) is 0 Å². The molecule has 2 fully saturated rings. The number of halogens is 1. The standard InChI is InChI=1S/C23H27N3OS.C23H25N3OS.ClH/c2*1-3-22(20-8-16-28-23(20)4-1)26-13-11-25(12-14-26)10-2-15-27-19-5-6-21-18(17-19)7-9-24-21;/h1,3-6,8,16-17,24H,2,7,9-15H2;1,3-9,16-17,24H,2,10-15H2;1H. The number of rotatable bonds is 12. The number of hydrogen-bond acceptors (Lipinski definition) is 9. The number of hydrogen-bond donors (Lipinski definition) is 2. The summed E-state index contributed by atoms with van der Waals surface area (Å²) in [5.74, 6) is 1.97. The number of benzene rings is 4. The molecule has 0 aliphatic carbocycles. The highest BCUT2D eigenvalue weighted by Gasteiger charge is 2.20. The van der Waals surface area contributed by atoms with Crippen molar-refractivity contribution in [2.45, 2.75) is 19.3 Å². The Labute approximate surface area is 350 Å². The highest BCUT2D eigenvalue weighted by Crippen LogP contribution is 2.33. The number of thiophene rings is 2. The van der Waals surface area contributed by atoms with Crippen molar-refractivity contribution >= 4 is 83.2 Å². The molecule has 8 nitrogen and oxygen atoms in total. The molecule has 0 spiro atoms. The first-order chi connectivity index (χ1) is 27.7. The molecule has 3 aliphatic heterocycles. The quantitative estimate of drug-likeness (QED) is 0.119. The van der Waals surface area contributed by atoms with Gasteiger partial charge in [-0.15, -0.1) is 35.1 Å². The van der Waals surface area contributed by atoms with E-state index < -0.39 is 0 Å². The zero-order valence-corrected chi connectivity index (χ0v) is 35.0. The van der Waals surface area contributed by atoms with Crippen LogP contribution in [0.2, 0.25) is 0 Å². The normalized spacial score (nSPS) is 15.9. The molecule has 7 aromatic rings. The van der Waals surface area contributed by atoms with Gasteiger partial charge in [0.2, 0.25) is 0 Å². The number of H-pyrrole nitrogens is 1. The zero-order chi connectivity index (χ0) is 37.5. The average Bonchev–Trinajstić information content (AvgIpc) is 4.09. The van der Waals surface area contributed by atoms with Crippen LogP contribution in [0.15, 0.2) is 108 Å². The van der Waals surface area contributed by atoms with Crippen molar-refractivity contribution in [3.8, 4) is 11.5 Å². The molecule has 6 heterocycles. The first-order valence-electron chi connectivity index (χ1n) is 20.3. The number of aromatic amines is 1. The molecule has 0 saturated carbocycles. The van der Waals surface area contributed by atoms with Crippen LogP contribution in [-0.2, 0) is 6.42 Å². The molecule has 10 rings (SSSR count). The largest absolute Gasteiger partial charge is 0.494 e. The van der Waals surface area contributed by atoms with E-state index in [0.29, 0.717) is 0 Å². The minimum Gasteiger partial charge on any atom is -0.494 e. The van der Waals surface area contributed by atoms with Crippen molar-refractivity contribution in [2.24, 2.45) is 0 Å². The fraction of sp³-hybridized carbons (Fsp3) is 0.348. The number of anilines is 3. The highest BCUT2D eigenvalue weighted by atomic mass is 35.5. The predicted molar refractivity (Wildman–Crippen MR) is 245 cm³/mol. The lowest BCUT2D eigenvalue weighted by Gasteiger charge is -2.36. The molecule has 0 unspecified atom stereocenters. The zero-order valence-electron chi connectivity index (χ0n) is 32.5. The lowest BCUT2D eigenvalue weighted by molar-refractivity contribution is 0.225. The van der Waals surface area contributed by atoms with Gasteiger partial charge >= 0.3 is 0 Å². The summed E-state index contributed by atoms with van der Waals surface area (Å²) in [6, 6.07) is 32.6. The molecule has 2 N–H and O–H groups in total. The van der Waals surface area contributed by atoms with E-state index in [2.05, 4.69) is 126 Å². The summed E-state index contributed by atoms with van der Waals surface area (Å²) in [6.07, 6.45) is 5.21. The summed E-state index contributed by atoms with van der Waals surface area (Å²) in [5.41, 5.74) is 6.59. The smallest absolute Gasteiger partial charge is 0.120 e. The summed E-state index contributed by atoms with van der Waals surface area (Å²) in [6.45, 7) is 13.7. The maximum Gasteiger partial charge on any atom is 0.120 e. The van der Waals surface area contributed by atoms with Crippen LogP contribution in [0.25, 0.3) is 31.1 Å². The number of ether oxygens (including phenoxy) is 2. The van der Waals surface area contributed by atoms with E-state index in [4.69, 9.17) is 9.47 Å². The molecular formula is C46H53ClN6O2S2. The molecule has 4 aromatic carbocycles. The second-order valence-corrected chi connectivity index (χ2v) is 16.9. The second-order valence-electron chi connectivity index (χ2n) is 15.0. The summed E-state index contributed by atoms with van der Waals surface area (Å²) < 4.78 is 14.7. The van der Waals surface area contributed by atoms with Crippen molar-refractivity contribution in [1.29, 1.82) is 0 Å². The van der Waals surface area contributed by atoms with Crippen molar-refractivity contribution in [1.82, 2.24) is 14.8 Å². The molecule has 3 aromatic heterocycles. The van der Waals surface area contributed by atoms with Crippen LogP contribution in [0.3, 0.4) is 0 Å². The Morgan fingerprint density at radius 1 is 0.596 bits per heavy atom. The van der Waals surface area contributed by atoms with Crippen molar-refractivity contribution < 1.29 is 9.47 Å². The highest BCUT2D eigenvalue weighted by molar-refractivity contribution is 7.17. The third-order valence-corrected chi connectivity index (χ3v) is 13.2. The summed E-state index contributed by atoms with van der Waals surface area (Å²) in [4.78, 5) is 13.4. The van der Waals surface area contributed by atoms with Gasteiger partial charge in [0.25, 0.3) is 0 Å². The average molecular weight is 822 g/mol. The van der Waals surface area contributed by atoms with E-state index in [1.807, 2.05) is 34.9 Å². The number of aromatic nitrogens is 1. The van der Waals surface area contributed by atoms with Gasteiger partial charge in [-0.05, 0) is 114 Å². The Morgan fingerprint density at radius 3 is 1.79 bits per heavy atom. The van der Waals surface area contributed by atoms with E-state index in [1.54, 1.807) is 0 Å². The number of fused-ring (bicyclic) bond motifs is 4. The minimum atomic E-state index is 0. The molecule has 0 radical (unpaired) electrons. The third kappa shape index (κ3) is 9.48. The van der Waals surface area contributed by atoms with Crippen LogP contribution in [0.1, 0.15) is 18.4 Å². The van der Waals surface area contributed by atoms with Crippen LogP contribution in [0.5, 0.6) is 11.5 Å². The van der Waals surface area contributed by atoms with Crippen LogP contribution < -0.4 is 24.6 Å². The third-order valence-electron chi connectivity index (χ3n) is 11.5. The summed E-state index contributed by atoms with van der Waals surface area (Å²) in [7, 11) is 0. The van der Waals surface area contributed by atoms with Crippen molar-refractivity contribution in [3.05, 3.63) is 114 Å². The molecule has 0 atom stereocenters. The SMILES string of the molecule is Cl.c1cc(N2CCN(CCCOc3ccc4[nH]ccc4c3)CC2)c2ccsc2c1.c1cc(N2CCN(CCCOc3ccc4c(c3)CCN4)CC2)c2ccsc2c1. The van der Waals surface area contributed by atoms with Crippen molar-refractivity contribution in [3.63, 3.8) is 0 Å². The maximum absolute atomic E-state index is 5.99. The Balaban J connectivity index is 0.000000157. The van der Waals surface area contributed by atoms with Gasteiger partial charge in [0.1, 0.15) is 11.5 Å². The first kappa shape index (κ1) is 39.4. The lowest BCUT2D eigenvalue weighted by atomic mass is 10.1. The molecule has 0 amide bonds.